The van der Waals surface area contributed by atoms with Crippen molar-refractivity contribution in [2.24, 2.45) is 11.3 Å². The number of methoxy groups -OCH3 is 1. The van der Waals surface area contributed by atoms with Crippen molar-refractivity contribution in [2.75, 3.05) is 12.4 Å². The van der Waals surface area contributed by atoms with E-state index in [1.807, 2.05) is 30.3 Å². The lowest BCUT2D eigenvalue weighted by Crippen LogP contribution is -2.33. The van der Waals surface area contributed by atoms with E-state index in [4.69, 9.17) is 9.94 Å². The SMILES string of the molecule is COc1ccc(NC(=O)[C@@]2(Cc3ccc(CCc4ccccc4)cc3)C[C@@H]2C(=O)NO)cc1. The topological polar surface area (TPSA) is 87.7 Å². The number of nitrogens with one attached hydrogen (secondary N) is 2. The van der Waals surface area contributed by atoms with Crippen molar-refractivity contribution in [3.05, 3.63) is 95.6 Å². The van der Waals surface area contributed by atoms with Crippen LogP contribution in [0.4, 0.5) is 5.69 Å². The molecule has 2 amide bonds. The highest BCUT2D eigenvalue weighted by molar-refractivity contribution is 6.02. The molecule has 4 rings (SSSR count). The van der Waals surface area contributed by atoms with Gasteiger partial charge in [-0.1, -0.05) is 54.6 Å². The molecule has 6 nitrogen and oxygen atoms in total. The Bertz CT molecular complexity index is 1100. The predicted octanol–water partition coefficient (Wildman–Crippen LogP) is 4.17. The fraction of sp³-hybridized carbons (Fsp3) is 0.259. The zero-order chi connectivity index (χ0) is 23.3. The van der Waals surface area contributed by atoms with Crippen LogP contribution >= 0.6 is 0 Å². The molecule has 0 bridgehead atoms. The molecule has 1 aliphatic rings. The molecule has 3 aromatic carbocycles. The van der Waals surface area contributed by atoms with Gasteiger partial charge in [0.2, 0.25) is 11.8 Å². The van der Waals surface area contributed by atoms with E-state index in [0.29, 0.717) is 24.3 Å². The predicted molar refractivity (Wildman–Crippen MR) is 126 cm³/mol. The second-order valence-corrected chi connectivity index (χ2v) is 8.55. The average Bonchev–Trinajstić information content (AvgIpc) is 3.59. The Hall–Kier alpha value is -3.64. The van der Waals surface area contributed by atoms with Gasteiger partial charge in [-0.05, 0) is 66.6 Å². The first-order valence-corrected chi connectivity index (χ1v) is 11.1. The molecule has 6 heteroatoms. The highest BCUT2D eigenvalue weighted by Crippen LogP contribution is 2.55. The Balaban J connectivity index is 1.44. The van der Waals surface area contributed by atoms with E-state index in [1.165, 1.54) is 11.1 Å². The first-order chi connectivity index (χ1) is 16.0. The van der Waals surface area contributed by atoms with Gasteiger partial charge < -0.3 is 10.1 Å². The molecule has 0 aromatic heterocycles. The van der Waals surface area contributed by atoms with Gasteiger partial charge in [-0.15, -0.1) is 0 Å². The molecule has 0 radical (unpaired) electrons. The smallest absolute Gasteiger partial charge is 0.247 e. The van der Waals surface area contributed by atoms with Gasteiger partial charge in [-0.3, -0.25) is 14.8 Å². The zero-order valence-corrected chi connectivity index (χ0v) is 18.6. The number of benzene rings is 3. The largest absolute Gasteiger partial charge is 0.497 e. The third kappa shape index (κ3) is 5.23. The summed E-state index contributed by atoms with van der Waals surface area (Å²) in [5.74, 6) is -0.633. The van der Waals surface area contributed by atoms with Crippen LogP contribution in [0.2, 0.25) is 0 Å². The van der Waals surface area contributed by atoms with Crippen molar-refractivity contribution in [1.29, 1.82) is 0 Å². The van der Waals surface area contributed by atoms with E-state index in [-0.39, 0.29) is 5.91 Å². The van der Waals surface area contributed by atoms with Gasteiger partial charge in [0, 0.05) is 5.69 Å². The van der Waals surface area contributed by atoms with E-state index in [2.05, 4.69) is 29.6 Å². The van der Waals surface area contributed by atoms with Crippen molar-refractivity contribution in [1.82, 2.24) is 5.48 Å². The van der Waals surface area contributed by atoms with Gasteiger partial charge in [0.15, 0.2) is 0 Å². The summed E-state index contributed by atoms with van der Waals surface area (Å²) in [4.78, 5) is 25.3. The fourth-order valence-corrected chi connectivity index (χ4v) is 4.30. The van der Waals surface area contributed by atoms with Crippen LogP contribution in [0, 0.1) is 11.3 Å². The second-order valence-electron chi connectivity index (χ2n) is 8.55. The highest BCUT2D eigenvalue weighted by Gasteiger charge is 2.63. The van der Waals surface area contributed by atoms with Crippen LogP contribution in [0.1, 0.15) is 23.1 Å². The standard InChI is InChI=1S/C27H28N2O4/c1-33-23-15-13-22(14-16-23)28-26(31)27(18-24(27)25(30)29-32)17-21-11-9-20(10-12-21)8-7-19-5-3-2-4-6-19/h2-6,9-16,24,32H,7-8,17-18H2,1H3,(H,28,31)(H,29,30)/t24-,27+/m1/s1. The van der Waals surface area contributed by atoms with Crippen molar-refractivity contribution >= 4 is 17.5 Å². The Labute approximate surface area is 193 Å². The summed E-state index contributed by atoms with van der Waals surface area (Å²) in [6.45, 7) is 0. The summed E-state index contributed by atoms with van der Waals surface area (Å²) in [6, 6.07) is 25.6. The summed E-state index contributed by atoms with van der Waals surface area (Å²) in [5.41, 5.74) is 4.95. The van der Waals surface area contributed by atoms with Crippen LogP contribution in [0.15, 0.2) is 78.9 Å². The molecule has 3 N–H and O–H groups in total. The summed E-state index contributed by atoms with van der Waals surface area (Å²) in [5, 5.41) is 12.0. The summed E-state index contributed by atoms with van der Waals surface area (Å²) in [6.07, 6.45) is 2.71. The monoisotopic (exact) mass is 444 g/mol. The number of hydrogen-bond donors (Lipinski definition) is 3. The number of amides is 2. The number of ether oxygens (including phenoxy) is 1. The normalized spacial score (nSPS) is 18.9. The van der Waals surface area contributed by atoms with E-state index in [1.54, 1.807) is 36.9 Å². The molecular formula is C27H28N2O4. The van der Waals surface area contributed by atoms with Crippen molar-refractivity contribution in [3.63, 3.8) is 0 Å². The maximum atomic E-state index is 13.2. The molecule has 0 saturated heterocycles. The Kier molecular flexibility index (Phi) is 6.75. The third-order valence-electron chi connectivity index (χ3n) is 6.39. The van der Waals surface area contributed by atoms with Gasteiger partial charge in [0.25, 0.3) is 0 Å². The quantitative estimate of drug-likeness (QED) is 0.341. The fourth-order valence-electron chi connectivity index (χ4n) is 4.30. The highest BCUT2D eigenvalue weighted by atomic mass is 16.5. The molecule has 0 heterocycles. The van der Waals surface area contributed by atoms with Crippen molar-refractivity contribution < 1.29 is 19.5 Å². The lowest BCUT2D eigenvalue weighted by Gasteiger charge is -2.18. The van der Waals surface area contributed by atoms with Crippen LogP contribution in [0.3, 0.4) is 0 Å². The number of hydroxylamine groups is 1. The minimum atomic E-state index is -0.891. The van der Waals surface area contributed by atoms with Gasteiger partial charge in [-0.2, -0.15) is 0 Å². The van der Waals surface area contributed by atoms with Gasteiger partial charge in [0.1, 0.15) is 5.75 Å². The second kappa shape index (κ2) is 9.88. The van der Waals surface area contributed by atoms with Crippen LogP contribution in [0.25, 0.3) is 0 Å². The number of aryl methyl sites for hydroxylation is 2. The van der Waals surface area contributed by atoms with Crippen LogP contribution < -0.4 is 15.5 Å². The third-order valence-corrected chi connectivity index (χ3v) is 6.39. The molecule has 170 valence electrons. The number of rotatable bonds is 9. The maximum absolute atomic E-state index is 13.2. The number of anilines is 1. The van der Waals surface area contributed by atoms with E-state index < -0.39 is 17.2 Å². The number of hydrogen-bond acceptors (Lipinski definition) is 4. The lowest BCUT2D eigenvalue weighted by molar-refractivity contribution is -0.133. The summed E-state index contributed by atoms with van der Waals surface area (Å²) < 4.78 is 5.15. The molecule has 2 atom stereocenters. The van der Waals surface area contributed by atoms with Crippen LogP contribution in [-0.2, 0) is 28.9 Å². The molecule has 1 fully saturated rings. The lowest BCUT2D eigenvalue weighted by atomic mass is 9.91. The Morgan fingerprint density at radius 2 is 1.52 bits per heavy atom. The molecule has 33 heavy (non-hydrogen) atoms. The van der Waals surface area contributed by atoms with Crippen molar-refractivity contribution in [2.45, 2.75) is 25.7 Å². The van der Waals surface area contributed by atoms with Gasteiger partial charge in [-0.25, -0.2) is 5.48 Å². The maximum Gasteiger partial charge on any atom is 0.247 e. The first-order valence-electron chi connectivity index (χ1n) is 11.1. The van der Waals surface area contributed by atoms with Gasteiger partial charge >= 0.3 is 0 Å². The first kappa shape index (κ1) is 22.6. The number of carbonyl (C=O) groups is 2. The van der Waals surface area contributed by atoms with Gasteiger partial charge in [0.05, 0.1) is 18.4 Å². The Morgan fingerprint density at radius 3 is 2.12 bits per heavy atom. The molecule has 0 aliphatic heterocycles. The molecule has 3 aromatic rings. The molecule has 1 saturated carbocycles. The molecule has 0 spiro atoms. The summed E-state index contributed by atoms with van der Waals surface area (Å²) >= 11 is 0. The zero-order valence-electron chi connectivity index (χ0n) is 18.6. The minimum Gasteiger partial charge on any atom is -0.497 e. The minimum absolute atomic E-state index is 0.227. The Morgan fingerprint density at radius 1 is 0.909 bits per heavy atom. The average molecular weight is 445 g/mol. The van der Waals surface area contributed by atoms with Crippen molar-refractivity contribution in [3.8, 4) is 5.75 Å². The molecule has 1 aliphatic carbocycles. The molecular weight excluding hydrogens is 416 g/mol. The molecule has 0 unspecified atom stereocenters. The van der Waals surface area contributed by atoms with E-state index >= 15 is 0 Å². The van der Waals surface area contributed by atoms with Crippen LogP contribution in [0.5, 0.6) is 5.75 Å². The van der Waals surface area contributed by atoms with Crippen LogP contribution in [-0.4, -0.2) is 24.1 Å². The van der Waals surface area contributed by atoms with E-state index in [0.717, 1.165) is 18.4 Å². The summed E-state index contributed by atoms with van der Waals surface area (Å²) in [7, 11) is 1.58. The number of carbonyl (C=O) groups excluding carboxylic acids is 2. The van der Waals surface area contributed by atoms with E-state index in [9.17, 15) is 9.59 Å².